The molecule has 0 saturated carbocycles. The molecule has 0 N–H and O–H groups in total. The maximum Gasteiger partial charge on any atom is 0.118 e. The van der Waals surface area contributed by atoms with Crippen LogP contribution in [0.4, 0.5) is 0 Å². The van der Waals surface area contributed by atoms with E-state index in [-0.39, 0.29) is 0 Å². The van der Waals surface area contributed by atoms with Crippen molar-refractivity contribution in [2.45, 2.75) is 12.5 Å². The minimum atomic E-state index is -0.652. The molecule has 1 aromatic carbocycles. The van der Waals surface area contributed by atoms with Crippen LogP contribution in [0.2, 0.25) is 0 Å². The smallest absolute Gasteiger partial charge is 0.118 e. The quantitative estimate of drug-likeness (QED) is 0.591. The Morgan fingerprint density at radius 2 is 1.90 bits per heavy atom. The van der Waals surface area contributed by atoms with Crippen LogP contribution < -0.4 is 0 Å². The standard InChI is InChI=1S/C9H10O/c1-2-9(10)8-6-4-3-5-7-8/h3-7,9H,1-2H2. The summed E-state index contributed by atoms with van der Waals surface area (Å²) in [6.07, 6.45) is -0.231. The molecule has 1 atom stereocenters. The normalized spacial score (nSPS) is 13.0. The Balaban J connectivity index is 2.75. The van der Waals surface area contributed by atoms with Crippen molar-refractivity contribution in [2.24, 2.45) is 0 Å². The fourth-order valence-electron chi connectivity index (χ4n) is 0.834. The molecule has 0 bridgehead atoms. The summed E-state index contributed by atoms with van der Waals surface area (Å²) in [6.45, 7) is 3.55. The van der Waals surface area contributed by atoms with Crippen LogP contribution in [0.15, 0.2) is 30.3 Å². The van der Waals surface area contributed by atoms with Gasteiger partial charge in [-0.1, -0.05) is 37.3 Å². The molecule has 0 fully saturated rings. The van der Waals surface area contributed by atoms with Gasteiger partial charge in [-0.2, -0.15) is 0 Å². The third-order valence-electron chi connectivity index (χ3n) is 1.43. The van der Waals surface area contributed by atoms with Crippen LogP contribution in [-0.2, 0) is 5.11 Å². The van der Waals surface area contributed by atoms with Crippen LogP contribution in [0.3, 0.4) is 0 Å². The number of rotatable bonds is 2. The van der Waals surface area contributed by atoms with Gasteiger partial charge in [-0.25, -0.2) is 5.11 Å². The highest BCUT2D eigenvalue weighted by Gasteiger charge is 2.03. The summed E-state index contributed by atoms with van der Waals surface area (Å²) in [5, 5.41) is 11.0. The van der Waals surface area contributed by atoms with E-state index in [9.17, 15) is 5.11 Å². The molecule has 52 valence electrons. The molecule has 0 heterocycles. The van der Waals surface area contributed by atoms with E-state index in [1.54, 1.807) is 0 Å². The van der Waals surface area contributed by atoms with E-state index in [2.05, 4.69) is 6.92 Å². The van der Waals surface area contributed by atoms with E-state index in [0.29, 0.717) is 6.42 Å². The van der Waals surface area contributed by atoms with Crippen molar-refractivity contribution in [3.63, 3.8) is 0 Å². The lowest BCUT2D eigenvalue weighted by Crippen LogP contribution is -1.91. The maximum absolute atomic E-state index is 11.0. The first-order valence-electron chi connectivity index (χ1n) is 3.34. The van der Waals surface area contributed by atoms with Gasteiger partial charge in [0.15, 0.2) is 0 Å². The SMILES string of the molecule is [CH2]CC([O])c1ccccc1. The summed E-state index contributed by atoms with van der Waals surface area (Å²) in [5.74, 6) is 0. The highest BCUT2D eigenvalue weighted by atomic mass is 16.3. The molecule has 0 aromatic heterocycles. The Labute approximate surface area is 61.3 Å². The Bertz CT molecular complexity index is 181. The molecule has 2 radical (unpaired) electrons. The van der Waals surface area contributed by atoms with Crippen molar-refractivity contribution < 1.29 is 5.11 Å². The first-order chi connectivity index (χ1) is 4.84. The highest BCUT2D eigenvalue weighted by molar-refractivity contribution is 5.16. The molecule has 1 nitrogen and oxygen atoms in total. The molecule has 1 rings (SSSR count). The van der Waals surface area contributed by atoms with E-state index in [1.165, 1.54) is 0 Å². The fraction of sp³-hybridized carbons (Fsp3) is 0.222. The van der Waals surface area contributed by atoms with Gasteiger partial charge in [-0.05, 0) is 12.0 Å². The first kappa shape index (κ1) is 7.29. The van der Waals surface area contributed by atoms with E-state index in [0.717, 1.165) is 5.56 Å². The first-order valence-corrected chi connectivity index (χ1v) is 3.34. The monoisotopic (exact) mass is 134 g/mol. The molecular formula is C9H10O. The van der Waals surface area contributed by atoms with Gasteiger partial charge in [-0.15, -0.1) is 0 Å². The zero-order chi connectivity index (χ0) is 7.40. The predicted octanol–water partition coefficient (Wildman–Crippen LogP) is 2.38. The van der Waals surface area contributed by atoms with E-state index < -0.39 is 6.10 Å². The van der Waals surface area contributed by atoms with Crippen LogP contribution in [0.5, 0.6) is 0 Å². The predicted molar refractivity (Wildman–Crippen MR) is 39.8 cm³/mol. The number of hydrogen-bond acceptors (Lipinski definition) is 0. The van der Waals surface area contributed by atoms with Crippen molar-refractivity contribution in [1.82, 2.24) is 0 Å². The molecule has 1 heteroatoms. The molecular weight excluding hydrogens is 124 g/mol. The Morgan fingerprint density at radius 3 is 2.40 bits per heavy atom. The molecule has 1 aromatic rings. The molecule has 0 aliphatic rings. The Kier molecular flexibility index (Phi) is 2.46. The minimum Gasteiger partial charge on any atom is -0.228 e. The van der Waals surface area contributed by atoms with Gasteiger partial charge in [0, 0.05) is 0 Å². The lowest BCUT2D eigenvalue weighted by Gasteiger charge is -2.02. The van der Waals surface area contributed by atoms with Gasteiger partial charge in [0.25, 0.3) is 0 Å². The summed E-state index contributed by atoms with van der Waals surface area (Å²) >= 11 is 0. The van der Waals surface area contributed by atoms with Crippen molar-refractivity contribution >= 4 is 0 Å². The average Bonchev–Trinajstić information content (AvgIpc) is 2.05. The van der Waals surface area contributed by atoms with E-state index in [4.69, 9.17) is 0 Å². The van der Waals surface area contributed by atoms with E-state index in [1.807, 2.05) is 30.3 Å². The molecule has 0 saturated heterocycles. The second-order valence-corrected chi connectivity index (χ2v) is 2.19. The van der Waals surface area contributed by atoms with Crippen LogP contribution in [0.25, 0.3) is 0 Å². The largest absolute Gasteiger partial charge is 0.228 e. The molecule has 0 aliphatic heterocycles. The van der Waals surface area contributed by atoms with Crippen LogP contribution in [-0.4, -0.2) is 0 Å². The van der Waals surface area contributed by atoms with Crippen LogP contribution >= 0.6 is 0 Å². The molecule has 10 heavy (non-hydrogen) atoms. The Morgan fingerprint density at radius 1 is 1.30 bits per heavy atom. The van der Waals surface area contributed by atoms with E-state index >= 15 is 0 Å². The van der Waals surface area contributed by atoms with Gasteiger partial charge in [-0.3, -0.25) is 0 Å². The van der Waals surface area contributed by atoms with Gasteiger partial charge < -0.3 is 0 Å². The minimum absolute atomic E-state index is 0.421. The van der Waals surface area contributed by atoms with Crippen molar-refractivity contribution in [3.05, 3.63) is 42.8 Å². The lowest BCUT2D eigenvalue weighted by molar-refractivity contribution is 0.0912. The lowest BCUT2D eigenvalue weighted by atomic mass is 10.1. The fourth-order valence-corrected chi connectivity index (χ4v) is 0.834. The third kappa shape index (κ3) is 1.58. The van der Waals surface area contributed by atoms with Crippen molar-refractivity contribution in [2.75, 3.05) is 0 Å². The highest BCUT2D eigenvalue weighted by Crippen LogP contribution is 2.14. The average molecular weight is 134 g/mol. The third-order valence-corrected chi connectivity index (χ3v) is 1.43. The van der Waals surface area contributed by atoms with Gasteiger partial charge >= 0.3 is 0 Å². The van der Waals surface area contributed by atoms with Crippen molar-refractivity contribution in [3.8, 4) is 0 Å². The van der Waals surface area contributed by atoms with Gasteiger partial charge in [0.1, 0.15) is 6.10 Å². The summed E-state index contributed by atoms with van der Waals surface area (Å²) in [5.41, 5.74) is 0.831. The summed E-state index contributed by atoms with van der Waals surface area (Å²) in [4.78, 5) is 0. The van der Waals surface area contributed by atoms with Crippen LogP contribution in [0.1, 0.15) is 18.1 Å². The summed E-state index contributed by atoms with van der Waals surface area (Å²) < 4.78 is 0. The Hall–Kier alpha value is -0.820. The zero-order valence-corrected chi connectivity index (χ0v) is 5.79. The van der Waals surface area contributed by atoms with Crippen LogP contribution in [0, 0.1) is 6.92 Å². The molecule has 1 unspecified atom stereocenters. The summed E-state index contributed by atoms with van der Waals surface area (Å²) in [6, 6.07) is 9.32. The molecule has 0 spiro atoms. The number of benzene rings is 1. The molecule has 0 aliphatic carbocycles. The second-order valence-electron chi connectivity index (χ2n) is 2.19. The topological polar surface area (TPSA) is 19.9 Å². The summed E-state index contributed by atoms with van der Waals surface area (Å²) in [7, 11) is 0. The number of hydrogen-bond donors (Lipinski definition) is 0. The molecule has 0 amide bonds. The van der Waals surface area contributed by atoms with Gasteiger partial charge in [0.2, 0.25) is 0 Å². The van der Waals surface area contributed by atoms with Gasteiger partial charge in [0.05, 0.1) is 0 Å². The maximum atomic E-state index is 11.0. The second kappa shape index (κ2) is 3.37. The zero-order valence-electron chi connectivity index (χ0n) is 5.79. The van der Waals surface area contributed by atoms with Crippen molar-refractivity contribution in [1.29, 1.82) is 0 Å².